The van der Waals surface area contributed by atoms with Crippen LogP contribution < -0.4 is 5.56 Å². The van der Waals surface area contributed by atoms with Gasteiger partial charge in [-0.2, -0.15) is 0 Å². The summed E-state index contributed by atoms with van der Waals surface area (Å²) in [6.07, 6.45) is 5.54. The molecular formula is C18H29NO2. The molecule has 1 aromatic heterocycles. The minimum Gasteiger partial charge on any atom is -0.507 e. The number of para-hydroxylation sites is 1. The van der Waals surface area contributed by atoms with Gasteiger partial charge in [-0.25, -0.2) is 0 Å². The van der Waals surface area contributed by atoms with Gasteiger partial charge in [-0.3, -0.25) is 4.79 Å². The van der Waals surface area contributed by atoms with Gasteiger partial charge in [0.2, 0.25) is 0 Å². The summed E-state index contributed by atoms with van der Waals surface area (Å²) in [5.41, 5.74) is 0.783. The Bertz CT molecular complexity index is 569. The predicted molar refractivity (Wildman–Crippen MR) is 92.1 cm³/mol. The van der Waals surface area contributed by atoms with Gasteiger partial charge in [0.25, 0.3) is 5.56 Å². The number of pyridine rings is 1. The van der Waals surface area contributed by atoms with E-state index < -0.39 is 0 Å². The molecule has 2 rings (SSSR count). The number of nitrogens with one attached hydrogen (secondary N) is 1. The van der Waals surface area contributed by atoms with Crippen LogP contribution in [0.25, 0.3) is 10.9 Å². The van der Waals surface area contributed by atoms with Gasteiger partial charge in [-0.15, -0.1) is 0 Å². The predicted octanol–water partition coefficient (Wildman–Crippen LogP) is 5.15. The van der Waals surface area contributed by atoms with E-state index in [0.29, 0.717) is 16.5 Å². The van der Waals surface area contributed by atoms with Crippen molar-refractivity contribution < 1.29 is 5.11 Å². The van der Waals surface area contributed by atoms with Gasteiger partial charge in [0, 0.05) is 5.39 Å². The van der Waals surface area contributed by atoms with Gasteiger partial charge in [0.15, 0.2) is 0 Å². The van der Waals surface area contributed by atoms with E-state index >= 15 is 0 Å². The molecule has 0 atom stereocenters. The average molecular weight is 291 g/mol. The Kier molecular flexibility index (Phi) is 10.0. The van der Waals surface area contributed by atoms with E-state index in [4.69, 9.17) is 0 Å². The summed E-state index contributed by atoms with van der Waals surface area (Å²) in [4.78, 5) is 13.9. The minimum atomic E-state index is -0.240. The molecule has 0 fully saturated rings. The average Bonchev–Trinajstić information content (AvgIpc) is 2.53. The van der Waals surface area contributed by atoms with E-state index in [1.54, 1.807) is 19.1 Å². The highest BCUT2D eigenvalue weighted by molar-refractivity contribution is 5.85. The number of rotatable bonds is 3. The number of aromatic amines is 1. The van der Waals surface area contributed by atoms with Crippen LogP contribution in [-0.2, 0) is 0 Å². The van der Waals surface area contributed by atoms with Gasteiger partial charge in [-0.05, 0) is 19.1 Å². The normalized spacial score (nSPS) is 9.38. The molecular weight excluding hydrogens is 262 g/mol. The molecule has 1 aromatic carbocycles. The van der Waals surface area contributed by atoms with Crippen LogP contribution in [-0.4, -0.2) is 10.1 Å². The Morgan fingerprint density at radius 2 is 1.57 bits per heavy atom. The summed E-state index contributed by atoms with van der Waals surface area (Å²) >= 11 is 0. The molecule has 1 heterocycles. The summed E-state index contributed by atoms with van der Waals surface area (Å²) in [7, 11) is 0. The van der Waals surface area contributed by atoms with Crippen LogP contribution in [0.15, 0.2) is 29.1 Å². The van der Waals surface area contributed by atoms with Crippen molar-refractivity contribution in [1.82, 2.24) is 4.98 Å². The van der Waals surface area contributed by atoms with Crippen LogP contribution in [0.3, 0.4) is 0 Å². The number of H-pyrrole nitrogens is 1. The van der Waals surface area contributed by atoms with Crippen molar-refractivity contribution >= 4 is 10.9 Å². The summed E-state index contributed by atoms with van der Waals surface area (Å²) in [6.45, 7) is 10.1. The maximum absolute atomic E-state index is 11.2. The van der Waals surface area contributed by atoms with Crippen molar-refractivity contribution in [3.8, 4) is 5.75 Å². The summed E-state index contributed by atoms with van der Waals surface area (Å²) in [5.74, 6) is 0.0688. The van der Waals surface area contributed by atoms with Crippen molar-refractivity contribution in [3.63, 3.8) is 0 Å². The Hall–Kier alpha value is -1.77. The third kappa shape index (κ3) is 6.03. The van der Waals surface area contributed by atoms with Gasteiger partial charge >= 0.3 is 0 Å². The molecule has 3 nitrogen and oxygen atoms in total. The molecule has 0 radical (unpaired) electrons. The van der Waals surface area contributed by atoms with Crippen LogP contribution in [0.2, 0.25) is 0 Å². The molecule has 0 aliphatic heterocycles. The summed E-state index contributed by atoms with van der Waals surface area (Å²) in [6, 6.07) is 7.16. The summed E-state index contributed by atoms with van der Waals surface area (Å²) in [5, 5.41) is 10.3. The molecule has 2 N–H and O–H groups in total. The van der Waals surface area contributed by atoms with Gasteiger partial charge in [0.1, 0.15) is 5.75 Å². The van der Waals surface area contributed by atoms with E-state index in [-0.39, 0.29) is 11.3 Å². The third-order valence-corrected chi connectivity index (χ3v) is 3.08. The highest BCUT2D eigenvalue weighted by Crippen LogP contribution is 2.23. The van der Waals surface area contributed by atoms with Gasteiger partial charge < -0.3 is 10.1 Å². The van der Waals surface area contributed by atoms with Crippen LogP contribution in [0.1, 0.15) is 58.9 Å². The quantitative estimate of drug-likeness (QED) is 0.768. The number of aromatic nitrogens is 1. The lowest BCUT2D eigenvalue weighted by atomic mass is 10.1. The molecule has 0 saturated carbocycles. The molecule has 0 amide bonds. The van der Waals surface area contributed by atoms with E-state index in [2.05, 4.69) is 18.8 Å². The largest absolute Gasteiger partial charge is 0.507 e. The lowest BCUT2D eigenvalue weighted by Gasteiger charge is -2.02. The van der Waals surface area contributed by atoms with Crippen molar-refractivity contribution in [2.24, 2.45) is 0 Å². The molecule has 21 heavy (non-hydrogen) atoms. The van der Waals surface area contributed by atoms with Crippen molar-refractivity contribution in [2.75, 3.05) is 0 Å². The Morgan fingerprint density at radius 1 is 1.05 bits per heavy atom. The molecule has 118 valence electrons. The maximum Gasteiger partial charge on any atom is 0.255 e. The van der Waals surface area contributed by atoms with Gasteiger partial charge in [0.05, 0.1) is 11.1 Å². The fourth-order valence-corrected chi connectivity index (χ4v) is 1.82. The molecule has 0 bridgehead atoms. The molecule has 0 unspecified atom stereocenters. The molecule has 0 saturated heterocycles. The molecule has 0 spiro atoms. The number of benzene rings is 1. The minimum absolute atomic E-state index is 0.0688. The number of hydrogen-bond donors (Lipinski definition) is 2. The standard InChI is InChI=1S/C10H9NO2.C6H14.C2H6/c1-6-9(12)7-4-2-3-5-8(7)11-10(6)13;1-3-5-6-4-2;1-2/h2-5H,1H3,(H2,11,12,13);3-6H2,1-2H3;1-2H3. The second-order valence-electron chi connectivity index (χ2n) is 4.68. The Balaban J connectivity index is 0.000000427. The van der Waals surface area contributed by atoms with E-state index in [1.165, 1.54) is 25.7 Å². The zero-order valence-electron chi connectivity index (χ0n) is 14.0. The Morgan fingerprint density at radius 3 is 2.10 bits per heavy atom. The van der Waals surface area contributed by atoms with E-state index in [0.717, 1.165) is 0 Å². The van der Waals surface area contributed by atoms with E-state index in [1.807, 2.05) is 26.0 Å². The molecule has 2 aromatic rings. The fourth-order valence-electron chi connectivity index (χ4n) is 1.82. The number of unbranched alkanes of at least 4 members (excludes halogenated alkanes) is 3. The first-order chi connectivity index (χ1) is 10.1. The first-order valence-corrected chi connectivity index (χ1v) is 7.92. The maximum atomic E-state index is 11.2. The fraction of sp³-hybridized carbons (Fsp3) is 0.500. The first kappa shape index (κ1) is 19.2. The SMILES string of the molecule is CC.CCCCCC.Cc1c(O)c2ccccc2[nH]c1=O. The van der Waals surface area contributed by atoms with Gasteiger partial charge in [-0.1, -0.05) is 65.5 Å². The van der Waals surface area contributed by atoms with Crippen molar-refractivity contribution in [1.29, 1.82) is 0 Å². The zero-order valence-corrected chi connectivity index (χ0v) is 14.0. The van der Waals surface area contributed by atoms with Crippen LogP contribution in [0.5, 0.6) is 5.75 Å². The molecule has 3 heteroatoms. The van der Waals surface area contributed by atoms with Crippen molar-refractivity contribution in [3.05, 3.63) is 40.2 Å². The lowest BCUT2D eigenvalue weighted by molar-refractivity contribution is 0.476. The zero-order chi connectivity index (χ0) is 16.3. The number of hydrogen-bond acceptors (Lipinski definition) is 2. The smallest absolute Gasteiger partial charge is 0.255 e. The highest BCUT2D eigenvalue weighted by atomic mass is 16.3. The Labute approximate surface area is 128 Å². The second-order valence-corrected chi connectivity index (χ2v) is 4.68. The molecule has 0 aliphatic carbocycles. The van der Waals surface area contributed by atoms with Crippen LogP contribution >= 0.6 is 0 Å². The lowest BCUT2D eigenvalue weighted by Crippen LogP contribution is -2.08. The number of aromatic hydroxyl groups is 1. The van der Waals surface area contributed by atoms with E-state index in [9.17, 15) is 9.90 Å². The topological polar surface area (TPSA) is 53.1 Å². The van der Waals surface area contributed by atoms with Crippen LogP contribution in [0.4, 0.5) is 0 Å². The van der Waals surface area contributed by atoms with Crippen LogP contribution in [0, 0.1) is 6.92 Å². The number of fused-ring (bicyclic) bond motifs is 1. The summed E-state index contributed by atoms with van der Waals surface area (Å²) < 4.78 is 0. The van der Waals surface area contributed by atoms with Crippen molar-refractivity contribution in [2.45, 2.75) is 60.3 Å². The monoisotopic (exact) mass is 291 g/mol. The second kappa shape index (κ2) is 11.0. The highest BCUT2D eigenvalue weighted by Gasteiger charge is 2.05. The third-order valence-electron chi connectivity index (χ3n) is 3.08. The molecule has 0 aliphatic rings. The first-order valence-electron chi connectivity index (χ1n) is 7.92.